The minimum absolute atomic E-state index is 0.0335. The molecule has 1 aromatic heterocycles. The number of tetrazole rings is 1. The Hall–Kier alpha value is -3.32. The van der Waals surface area contributed by atoms with E-state index in [1.54, 1.807) is 12.1 Å². The number of hydrogen-bond acceptors (Lipinski definition) is 4. The number of hydrogen-bond donors (Lipinski definition) is 2. The molecule has 7 nitrogen and oxygen atoms in total. The first-order chi connectivity index (χ1) is 12.8. The van der Waals surface area contributed by atoms with Gasteiger partial charge in [-0.15, -0.1) is 5.10 Å². The number of carbonyl (C=O) groups excluding carboxylic acids is 1. The summed E-state index contributed by atoms with van der Waals surface area (Å²) in [5, 5.41) is 15.1. The second-order valence-electron chi connectivity index (χ2n) is 5.25. The monoisotopic (exact) mass is 394 g/mol. The molecule has 0 atom stereocenters. The maximum Gasteiger partial charge on any atom is 0.417 e. The number of nitrogens with one attached hydrogen (secondary N) is 2. The van der Waals surface area contributed by atoms with Crippen molar-refractivity contribution >= 4 is 23.3 Å². The topological polar surface area (TPSA) is 84.7 Å². The predicted molar refractivity (Wildman–Crippen MR) is 89.1 cm³/mol. The second kappa shape index (κ2) is 7.51. The van der Waals surface area contributed by atoms with Gasteiger partial charge < -0.3 is 10.6 Å². The van der Waals surface area contributed by atoms with Crippen LogP contribution in [0.25, 0.3) is 5.69 Å². The first-order valence-electron chi connectivity index (χ1n) is 7.41. The number of rotatable bonds is 4. The van der Waals surface area contributed by atoms with Crippen molar-refractivity contribution in [3.63, 3.8) is 0 Å². The third-order valence-corrected chi connectivity index (χ3v) is 3.69. The van der Waals surface area contributed by atoms with E-state index in [9.17, 15) is 18.0 Å². The SMILES string of the molecule is O=C(NCc1c#cc(-n2cnnn2)cc1)Nc1ccc(Cl)c(C(F)(F)F)c1. The van der Waals surface area contributed by atoms with E-state index in [4.69, 9.17) is 11.6 Å². The van der Waals surface area contributed by atoms with Crippen LogP contribution in [0, 0.1) is 12.1 Å². The molecule has 0 radical (unpaired) electrons. The summed E-state index contributed by atoms with van der Waals surface area (Å²) in [4.78, 5) is 11.9. The Labute approximate surface area is 156 Å². The summed E-state index contributed by atoms with van der Waals surface area (Å²) in [6.45, 7) is 0.0952. The predicted octanol–water partition coefficient (Wildman–Crippen LogP) is 3.26. The molecule has 0 saturated carbocycles. The quantitative estimate of drug-likeness (QED) is 0.711. The van der Waals surface area contributed by atoms with Gasteiger partial charge in [0.05, 0.1) is 17.1 Å². The summed E-state index contributed by atoms with van der Waals surface area (Å²) < 4.78 is 39.9. The van der Waals surface area contributed by atoms with Crippen LogP contribution in [0.15, 0.2) is 36.7 Å². The molecule has 1 heterocycles. The Kier molecular flexibility index (Phi) is 5.14. The van der Waals surface area contributed by atoms with E-state index in [0.29, 0.717) is 11.3 Å². The van der Waals surface area contributed by atoms with Gasteiger partial charge in [-0.05, 0) is 46.8 Å². The van der Waals surface area contributed by atoms with Crippen molar-refractivity contribution in [3.05, 3.63) is 64.9 Å². The van der Waals surface area contributed by atoms with Crippen molar-refractivity contribution in [1.82, 2.24) is 25.5 Å². The number of aromatic nitrogens is 4. The third kappa shape index (κ3) is 4.65. The normalized spacial score (nSPS) is 11.0. The van der Waals surface area contributed by atoms with E-state index in [1.165, 1.54) is 17.1 Å². The van der Waals surface area contributed by atoms with Gasteiger partial charge in [-0.25, -0.2) is 4.79 Å². The van der Waals surface area contributed by atoms with Crippen LogP contribution in [-0.2, 0) is 12.7 Å². The molecule has 27 heavy (non-hydrogen) atoms. The van der Waals surface area contributed by atoms with E-state index in [0.717, 1.165) is 12.1 Å². The largest absolute Gasteiger partial charge is 0.417 e. The van der Waals surface area contributed by atoms with Gasteiger partial charge in [0, 0.05) is 11.3 Å². The van der Waals surface area contributed by atoms with E-state index >= 15 is 0 Å². The van der Waals surface area contributed by atoms with Gasteiger partial charge in [-0.3, -0.25) is 0 Å². The second-order valence-corrected chi connectivity index (χ2v) is 5.66. The van der Waals surface area contributed by atoms with Crippen molar-refractivity contribution in [2.75, 3.05) is 5.32 Å². The van der Waals surface area contributed by atoms with E-state index in [2.05, 4.69) is 38.3 Å². The molecule has 0 unspecified atom stereocenters. The Balaban J connectivity index is 1.58. The molecule has 2 N–H and O–H groups in total. The van der Waals surface area contributed by atoms with Gasteiger partial charge in [-0.2, -0.15) is 17.9 Å². The number of alkyl halides is 3. The van der Waals surface area contributed by atoms with Crippen LogP contribution in [0.4, 0.5) is 23.7 Å². The lowest BCUT2D eigenvalue weighted by Crippen LogP contribution is -2.28. The molecular weight excluding hydrogens is 385 g/mol. The fourth-order valence-electron chi connectivity index (χ4n) is 2.09. The molecule has 0 aliphatic heterocycles. The van der Waals surface area contributed by atoms with Crippen LogP contribution >= 0.6 is 11.6 Å². The molecule has 2 amide bonds. The summed E-state index contributed by atoms with van der Waals surface area (Å²) >= 11 is 5.54. The average Bonchev–Trinajstić information content (AvgIpc) is 3.16. The van der Waals surface area contributed by atoms with Gasteiger partial charge >= 0.3 is 12.2 Å². The van der Waals surface area contributed by atoms with Crippen LogP contribution in [0.5, 0.6) is 0 Å². The molecule has 3 aromatic rings. The van der Waals surface area contributed by atoms with Gasteiger partial charge in [0.1, 0.15) is 12.0 Å². The zero-order valence-electron chi connectivity index (χ0n) is 13.4. The number of halogens is 4. The van der Waals surface area contributed by atoms with Gasteiger partial charge in [-0.1, -0.05) is 17.7 Å². The number of anilines is 1. The maximum absolute atomic E-state index is 12.8. The smallest absolute Gasteiger partial charge is 0.333 e. The number of benzene rings is 1. The van der Waals surface area contributed by atoms with Gasteiger partial charge in [0.15, 0.2) is 0 Å². The van der Waals surface area contributed by atoms with Crippen molar-refractivity contribution in [1.29, 1.82) is 0 Å². The standard InChI is InChI=1S/C16H10ClF3N6O/c17-14-6-3-11(7-13(14)16(18,19)20)23-15(27)21-8-10-1-4-12(5-2-10)26-9-22-24-25-26/h1,3-4,6-7,9H,8H2,(H2,21,23,27). The fourth-order valence-corrected chi connectivity index (χ4v) is 2.31. The Bertz CT molecular complexity index is 928. The minimum Gasteiger partial charge on any atom is -0.333 e. The van der Waals surface area contributed by atoms with Crippen LogP contribution in [-0.4, -0.2) is 26.2 Å². The van der Waals surface area contributed by atoms with Crippen LogP contribution < -0.4 is 10.6 Å². The zero-order valence-corrected chi connectivity index (χ0v) is 14.1. The highest BCUT2D eigenvalue weighted by molar-refractivity contribution is 6.31. The number of amides is 2. The molecule has 0 aliphatic carbocycles. The summed E-state index contributed by atoms with van der Waals surface area (Å²) in [5.74, 6) is 0. The van der Waals surface area contributed by atoms with E-state index in [1.807, 2.05) is 0 Å². The van der Waals surface area contributed by atoms with Gasteiger partial charge in [0.2, 0.25) is 0 Å². The zero-order chi connectivity index (χ0) is 19.4. The summed E-state index contributed by atoms with van der Waals surface area (Å²) in [6, 6.07) is 11.4. The first-order valence-corrected chi connectivity index (χ1v) is 7.78. The average molecular weight is 395 g/mol. The van der Waals surface area contributed by atoms with Crippen molar-refractivity contribution in [3.8, 4) is 5.69 Å². The molecule has 3 rings (SSSR count). The van der Waals surface area contributed by atoms with Gasteiger partial charge in [0.25, 0.3) is 0 Å². The lowest BCUT2D eigenvalue weighted by Gasteiger charge is -2.12. The molecule has 0 bridgehead atoms. The third-order valence-electron chi connectivity index (χ3n) is 3.36. The highest BCUT2D eigenvalue weighted by Crippen LogP contribution is 2.36. The van der Waals surface area contributed by atoms with Crippen LogP contribution in [0.2, 0.25) is 5.02 Å². The summed E-state index contributed by atoms with van der Waals surface area (Å²) in [7, 11) is 0. The molecule has 2 aromatic carbocycles. The molecule has 11 heteroatoms. The fraction of sp³-hybridized carbons (Fsp3) is 0.125. The minimum atomic E-state index is -4.61. The van der Waals surface area contributed by atoms with Crippen molar-refractivity contribution in [2.24, 2.45) is 0 Å². The lowest BCUT2D eigenvalue weighted by atomic mass is 10.2. The summed E-state index contributed by atoms with van der Waals surface area (Å²) in [5.41, 5.74) is 0.111. The Morgan fingerprint density at radius 3 is 2.67 bits per heavy atom. The molecule has 0 aliphatic rings. The number of nitrogens with zero attached hydrogens (tertiary/aromatic N) is 4. The summed E-state index contributed by atoms with van der Waals surface area (Å²) in [6.07, 6.45) is -3.22. The molecule has 0 spiro atoms. The lowest BCUT2D eigenvalue weighted by molar-refractivity contribution is -0.137. The highest BCUT2D eigenvalue weighted by Gasteiger charge is 2.33. The van der Waals surface area contributed by atoms with Crippen molar-refractivity contribution in [2.45, 2.75) is 12.7 Å². The molecule has 138 valence electrons. The molecule has 0 fully saturated rings. The van der Waals surface area contributed by atoms with E-state index in [-0.39, 0.29) is 12.2 Å². The number of carbonyl (C=O) groups is 1. The Morgan fingerprint density at radius 2 is 2.04 bits per heavy atom. The van der Waals surface area contributed by atoms with Crippen molar-refractivity contribution < 1.29 is 18.0 Å². The van der Waals surface area contributed by atoms with Crippen LogP contribution in [0.1, 0.15) is 11.1 Å². The number of urea groups is 1. The maximum atomic E-state index is 12.8. The Morgan fingerprint density at radius 1 is 1.22 bits per heavy atom. The van der Waals surface area contributed by atoms with E-state index < -0.39 is 22.8 Å². The first kappa shape index (κ1) is 18.5. The van der Waals surface area contributed by atoms with Crippen LogP contribution in [0.3, 0.4) is 0 Å². The molecule has 0 saturated heterocycles. The highest BCUT2D eigenvalue weighted by atomic mass is 35.5. The molecular formula is C16H10ClF3N6O.